The minimum Gasteiger partial charge on any atom is -0.315 e. The third-order valence-electron chi connectivity index (χ3n) is 1.51. The van der Waals surface area contributed by atoms with Crippen LogP contribution < -0.4 is 5.32 Å². The van der Waals surface area contributed by atoms with Gasteiger partial charge in [0.25, 0.3) is 0 Å². The summed E-state index contributed by atoms with van der Waals surface area (Å²) in [5.41, 5.74) is 0. The number of hydrogen-bond donors (Lipinski definition) is 1. The molecular weight excluding hydrogens is 241 g/mol. The van der Waals surface area contributed by atoms with Crippen LogP contribution in [0.1, 0.15) is 6.42 Å². The standard InChI is InChI=1S/C7H10INO/c8-7(10)6-3-1-2-4-9-5-6/h1,3,6,9H,2,4-5H2/t6-/m0/s1. The lowest BCUT2D eigenvalue weighted by Gasteiger charge is -2.04. The molecule has 0 aromatic heterocycles. The Labute approximate surface area is 74.2 Å². The van der Waals surface area contributed by atoms with Crippen molar-refractivity contribution in [3.63, 3.8) is 0 Å². The van der Waals surface area contributed by atoms with E-state index < -0.39 is 0 Å². The molecule has 0 saturated heterocycles. The van der Waals surface area contributed by atoms with E-state index in [2.05, 4.69) is 11.4 Å². The van der Waals surface area contributed by atoms with Crippen LogP contribution in [0.25, 0.3) is 0 Å². The van der Waals surface area contributed by atoms with Gasteiger partial charge >= 0.3 is 0 Å². The van der Waals surface area contributed by atoms with Crippen molar-refractivity contribution in [1.29, 1.82) is 0 Å². The van der Waals surface area contributed by atoms with Gasteiger partial charge in [0.05, 0.1) is 5.92 Å². The molecule has 1 heterocycles. The summed E-state index contributed by atoms with van der Waals surface area (Å²) in [5, 5.41) is 3.19. The van der Waals surface area contributed by atoms with Crippen molar-refractivity contribution in [2.75, 3.05) is 13.1 Å². The zero-order valence-corrected chi connectivity index (χ0v) is 7.80. The van der Waals surface area contributed by atoms with Crippen molar-refractivity contribution in [2.24, 2.45) is 5.92 Å². The highest BCUT2D eigenvalue weighted by atomic mass is 127. The van der Waals surface area contributed by atoms with Crippen molar-refractivity contribution in [2.45, 2.75) is 6.42 Å². The number of halogens is 1. The second kappa shape index (κ2) is 4.08. The zero-order valence-electron chi connectivity index (χ0n) is 5.64. The molecule has 0 bridgehead atoms. The summed E-state index contributed by atoms with van der Waals surface area (Å²) in [5.74, 6) is 0.100. The molecule has 1 aliphatic heterocycles. The molecule has 0 spiro atoms. The molecule has 56 valence electrons. The highest BCUT2D eigenvalue weighted by molar-refractivity contribution is 14.1. The molecule has 3 heteroatoms. The van der Waals surface area contributed by atoms with Gasteiger partial charge in [0.15, 0.2) is 3.79 Å². The molecule has 0 aromatic rings. The van der Waals surface area contributed by atoms with Gasteiger partial charge in [0, 0.05) is 29.1 Å². The summed E-state index contributed by atoms with van der Waals surface area (Å²) in [6.45, 7) is 1.80. The Balaban J connectivity index is 2.49. The lowest BCUT2D eigenvalue weighted by atomic mass is 10.1. The maximum atomic E-state index is 10.8. The predicted molar refractivity (Wildman–Crippen MR) is 49.1 cm³/mol. The normalized spacial score (nSPS) is 25.9. The largest absolute Gasteiger partial charge is 0.315 e. The van der Waals surface area contributed by atoms with Gasteiger partial charge < -0.3 is 5.32 Å². The Morgan fingerprint density at radius 2 is 2.50 bits per heavy atom. The number of carbonyl (C=O) groups excluding carboxylic acids is 1. The van der Waals surface area contributed by atoms with E-state index in [9.17, 15) is 4.79 Å². The van der Waals surface area contributed by atoms with Crippen molar-refractivity contribution in [3.8, 4) is 0 Å². The third-order valence-corrected chi connectivity index (χ3v) is 2.31. The predicted octanol–water partition coefficient (Wildman–Crippen LogP) is 1.11. The Hall–Kier alpha value is 0.1000. The number of nitrogens with one attached hydrogen (secondary N) is 1. The van der Waals surface area contributed by atoms with E-state index in [0.29, 0.717) is 0 Å². The highest BCUT2D eigenvalue weighted by Gasteiger charge is 2.12. The molecule has 0 fully saturated rings. The van der Waals surface area contributed by atoms with Gasteiger partial charge in [-0.3, -0.25) is 4.79 Å². The summed E-state index contributed by atoms with van der Waals surface area (Å²) >= 11 is 1.85. The van der Waals surface area contributed by atoms with Crippen LogP contribution in [0.5, 0.6) is 0 Å². The molecule has 0 aliphatic carbocycles. The first kappa shape index (κ1) is 8.20. The maximum Gasteiger partial charge on any atom is 0.200 e. The van der Waals surface area contributed by atoms with Crippen molar-refractivity contribution < 1.29 is 4.79 Å². The first-order valence-corrected chi connectivity index (χ1v) is 4.45. The molecule has 1 aliphatic rings. The smallest absolute Gasteiger partial charge is 0.200 e. The molecule has 0 unspecified atom stereocenters. The van der Waals surface area contributed by atoms with Crippen LogP contribution in [0, 0.1) is 5.92 Å². The van der Waals surface area contributed by atoms with E-state index in [-0.39, 0.29) is 9.71 Å². The molecule has 0 saturated carbocycles. The molecule has 0 aromatic carbocycles. The summed E-state index contributed by atoms with van der Waals surface area (Å²) < 4.78 is 0.225. The highest BCUT2D eigenvalue weighted by Crippen LogP contribution is 2.07. The fraction of sp³-hybridized carbons (Fsp3) is 0.571. The minimum absolute atomic E-state index is 0.100. The third kappa shape index (κ3) is 2.38. The van der Waals surface area contributed by atoms with Crippen molar-refractivity contribution >= 4 is 26.4 Å². The summed E-state index contributed by atoms with van der Waals surface area (Å²) in [7, 11) is 0. The second-order valence-corrected chi connectivity index (χ2v) is 3.39. The number of carbonyl (C=O) groups is 1. The molecule has 1 atom stereocenters. The molecule has 0 radical (unpaired) electrons. The van der Waals surface area contributed by atoms with Crippen LogP contribution in [-0.2, 0) is 4.79 Å². The summed E-state index contributed by atoms with van der Waals surface area (Å²) in [6, 6.07) is 0. The number of rotatable bonds is 1. The lowest BCUT2D eigenvalue weighted by Crippen LogP contribution is -2.23. The van der Waals surface area contributed by atoms with Crippen molar-refractivity contribution in [3.05, 3.63) is 12.2 Å². The zero-order chi connectivity index (χ0) is 7.40. The fourth-order valence-electron chi connectivity index (χ4n) is 0.927. The van der Waals surface area contributed by atoms with Crippen LogP contribution in [0.4, 0.5) is 0 Å². The Bertz CT molecular complexity index is 156. The average molecular weight is 251 g/mol. The molecule has 1 N–H and O–H groups in total. The van der Waals surface area contributed by atoms with E-state index >= 15 is 0 Å². The molecule has 2 nitrogen and oxygen atoms in total. The van der Waals surface area contributed by atoms with Gasteiger partial charge in [-0.1, -0.05) is 12.2 Å². The topological polar surface area (TPSA) is 29.1 Å². The van der Waals surface area contributed by atoms with Crippen LogP contribution >= 0.6 is 22.6 Å². The summed E-state index contributed by atoms with van der Waals surface area (Å²) in [4.78, 5) is 10.8. The van der Waals surface area contributed by atoms with Crippen LogP contribution in [0.2, 0.25) is 0 Å². The van der Waals surface area contributed by atoms with E-state index in [1.165, 1.54) is 0 Å². The molecule has 1 rings (SSSR count). The van der Waals surface area contributed by atoms with Crippen molar-refractivity contribution in [1.82, 2.24) is 5.32 Å². The van der Waals surface area contributed by atoms with E-state index in [1.54, 1.807) is 0 Å². The van der Waals surface area contributed by atoms with Gasteiger partial charge in [0.1, 0.15) is 0 Å². The Morgan fingerprint density at radius 1 is 1.70 bits per heavy atom. The average Bonchev–Trinajstić information content (AvgIpc) is 2.12. The lowest BCUT2D eigenvalue weighted by molar-refractivity contribution is -0.111. The first-order valence-electron chi connectivity index (χ1n) is 3.37. The number of hydrogen-bond acceptors (Lipinski definition) is 2. The van der Waals surface area contributed by atoms with Crippen LogP contribution in [0.3, 0.4) is 0 Å². The van der Waals surface area contributed by atoms with Gasteiger partial charge in [0.2, 0.25) is 0 Å². The molecule has 10 heavy (non-hydrogen) atoms. The minimum atomic E-state index is 0.100. The maximum absolute atomic E-state index is 10.8. The fourth-order valence-corrected chi connectivity index (χ4v) is 1.36. The quantitative estimate of drug-likeness (QED) is 0.429. The van der Waals surface area contributed by atoms with Gasteiger partial charge in [-0.2, -0.15) is 0 Å². The second-order valence-electron chi connectivity index (χ2n) is 2.33. The Morgan fingerprint density at radius 3 is 3.20 bits per heavy atom. The van der Waals surface area contributed by atoms with Crippen LogP contribution in [0.15, 0.2) is 12.2 Å². The monoisotopic (exact) mass is 251 g/mol. The molecular formula is C7H10INO. The molecule has 0 amide bonds. The summed E-state index contributed by atoms with van der Waals surface area (Å²) in [6.07, 6.45) is 5.11. The van der Waals surface area contributed by atoms with Crippen LogP contribution in [-0.4, -0.2) is 16.9 Å². The Kier molecular flexibility index (Phi) is 3.34. The van der Waals surface area contributed by atoms with E-state index in [1.807, 2.05) is 28.7 Å². The first-order chi connectivity index (χ1) is 4.80. The SMILES string of the molecule is O=C(I)[C@H]1C=CCCNC1. The van der Waals surface area contributed by atoms with Gasteiger partial charge in [-0.05, 0) is 13.0 Å². The van der Waals surface area contributed by atoms with Gasteiger partial charge in [-0.15, -0.1) is 0 Å². The van der Waals surface area contributed by atoms with E-state index in [0.717, 1.165) is 19.5 Å². The van der Waals surface area contributed by atoms with Gasteiger partial charge in [-0.25, -0.2) is 0 Å². The van der Waals surface area contributed by atoms with E-state index in [4.69, 9.17) is 0 Å².